The summed E-state index contributed by atoms with van der Waals surface area (Å²) in [6, 6.07) is 7.61. The second-order valence-corrected chi connectivity index (χ2v) is 21.9. The highest BCUT2D eigenvalue weighted by atomic mass is 32.2. The van der Waals surface area contributed by atoms with E-state index < -0.39 is 56.0 Å². The minimum Gasteiger partial charge on any atom is -0.444 e. The molecule has 3 aromatic rings. The van der Waals surface area contributed by atoms with Crippen LogP contribution in [-0.2, 0) is 39.2 Å². The van der Waals surface area contributed by atoms with Crippen molar-refractivity contribution in [2.45, 2.75) is 104 Å². The van der Waals surface area contributed by atoms with Gasteiger partial charge in [0.25, 0.3) is 0 Å². The van der Waals surface area contributed by atoms with E-state index in [1.807, 2.05) is 27.7 Å². The van der Waals surface area contributed by atoms with Crippen molar-refractivity contribution in [3.8, 4) is 0 Å². The van der Waals surface area contributed by atoms with Crippen LogP contribution < -0.4 is 10.8 Å². The number of carbonyl (C=O) groups excluding carboxylic acids is 2. The molecule has 15 nitrogen and oxygen atoms in total. The number of nitrogens with zero attached hydrogens (tertiary/aromatic N) is 3. The number of piperidine rings is 2. The second kappa shape index (κ2) is 16.8. The SMILES string of the molecule is C[C@@H]1C[C@H](C)CN(S(=O)(=O)c2ccc3c(NOCOC(=O)C(NC(=O)OC(C)(C)C)C(C)(C)C)c4ccc(S(=O)(=O)N5C[C@H](C)C[C@H](C)C5)cc4c(N=O)c3c2)C1. The van der Waals surface area contributed by atoms with Crippen molar-refractivity contribution in [2.24, 2.45) is 34.3 Å². The number of ether oxygens (including phenoxy) is 2. The Morgan fingerprint density at radius 2 is 1.19 bits per heavy atom. The van der Waals surface area contributed by atoms with Gasteiger partial charge in [-0.05, 0) is 92.1 Å². The Bertz CT molecular complexity index is 2100. The molecule has 2 aliphatic heterocycles. The Hall–Kier alpha value is -3.90. The van der Waals surface area contributed by atoms with Crippen molar-refractivity contribution < 1.29 is 40.7 Å². The molecule has 0 aromatic heterocycles. The topological polar surface area (TPSA) is 190 Å². The molecule has 314 valence electrons. The zero-order valence-corrected chi connectivity index (χ0v) is 36.2. The monoisotopic (exact) mass is 831 g/mol. The fraction of sp³-hybridized carbons (Fsp3) is 0.600. The molecule has 0 bridgehead atoms. The van der Waals surface area contributed by atoms with Gasteiger partial charge in [0.05, 0.1) is 15.5 Å². The zero-order valence-electron chi connectivity index (χ0n) is 34.5. The third kappa shape index (κ3) is 10.0. The molecule has 0 spiro atoms. The Balaban J connectivity index is 1.54. The number of anilines is 1. The van der Waals surface area contributed by atoms with Crippen molar-refractivity contribution >= 4 is 65.0 Å². The maximum atomic E-state index is 14.0. The first-order valence-corrected chi connectivity index (χ1v) is 22.2. The Labute approximate surface area is 336 Å². The maximum absolute atomic E-state index is 14.0. The molecule has 2 saturated heterocycles. The first kappa shape index (κ1) is 44.2. The highest BCUT2D eigenvalue weighted by Gasteiger charge is 2.37. The highest BCUT2D eigenvalue weighted by Crippen LogP contribution is 2.44. The number of amides is 1. The number of rotatable bonds is 11. The van der Waals surface area contributed by atoms with Crippen LogP contribution in [0.4, 0.5) is 16.2 Å². The van der Waals surface area contributed by atoms with Gasteiger partial charge in [0.15, 0.2) is 0 Å². The molecule has 2 aliphatic rings. The largest absolute Gasteiger partial charge is 0.444 e. The molecule has 1 amide bonds. The maximum Gasteiger partial charge on any atom is 0.408 e. The normalized spacial score (nSPS) is 22.2. The first-order valence-electron chi connectivity index (χ1n) is 19.3. The van der Waals surface area contributed by atoms with E-state index in [0.29, 0.717) is 37.0 Å². The quantitative estimate of drug-likeness (QED) is 0.0486. The van der Waals surface area contributed by atoms with Gasteiger partial charge in [-0.25, -0.2) is 31.3 Å². The Morgan fingerprint density at radius 3 is 1.58 bits per heavy atom. The van der Waals surface area contributed by atoms with Crippen LogP contribution in [0.5, 0.6) is 0 Å². The van der Waals surface area contributed by atoms with E-state index in [9.17, 15) is 31.3 Å². The fourth-order valence-electron chi connectivity index (χ4n) is 7.92. The highest BCUT2D eigenvalue weighted by molar-refractivity contribution is 7.89. The minimum absolute atomic E-state index is 0.0490. The van der Waals surface area contributed by atoms with Crippen molar-refractivity contribution in [3.05, 3.63) is 41.3 Å². The molecule has 5 atom stereocenters. The first-order chi connectivity index (χ1) is 26.4. The molecule has 0 aliphatic carbocycles. The summed E-state index contributed by atoms with van der Waals surface area (Å²) in [7, 11) is -8.00. The van der Waals surface area contributed by atoms with Crippen LogP contribution in [0, 0.1) is 34.0 Å². The Kier molecular flexibility index (Phi) is 13.0. The molecule has 5 rings (SSSR count). The van der Waals surface area contributed by atoms with E-state index in [-0.39, 0.29) is 55.6 Å². The minimum atomic E-state index is -4.00. The number of sulfonamides is 2. The van der Waals surface area contributed by atoms with Gasteiger partial charge in [-0.1, -0.05) is 60.6 Å². The van der Waals surface area contributed by atoms with Crippen LogP contribution in [0.2, 0.25) is 0 Å². The number of fused-ring (bicyclic) bond motifs is 2. The molecular weight excluding hydrogens is 775 g/mol. The number of alkyl carbamates (subject to hydrolysis) is 1. The number of esters is 1. The molecule has 2 N–H and O–H groups in total. The van der Waals surface area contributed by atoms with Crippen molar-refractivity contribution in [1.29, 1.82) is 0 Å². The van der Waals surface area contributed by atoms with Crippen LogP contribution >= 0.6 is 0 Å². The lowest BCUT2D eigenvalue weighted by molar-refractivity contribution is -0.159. The predicted octanol–water partition coefficient (Wildman–Crippen LogP) is 7.51. The third-order valence-corrected chi connectivity index (χ3v) is 13.9. The molecule has 57 heavy (non-hydrogen) atoms. The summed E-state index contributed by atoms with van der Waals surface area (Å²) in [5, 5.41) is 6.89. The van der Waals surface area contributed by atoms with E-state index in [1.165, 1.54) is 45.0 Å². The molecular formula is C40H57N5O10S2. The number of hydrogen-bond acceptors (Lipinski definition) is 12. The van der Waals surface area contributed by atoms with E-state index in [0.717, 1.165) is 12.8 Å². The average Bonchev–Trinajstić information content (AvgIpc) is 3.09. The van der Waals surface area contributed by atoms with Gasteiger partial charge in [0.2, 0.25) is 26.8 Å². The van der Waals surface area contributed by atoms with Crippen LogP contribution in [0.3, 0.4) is 0 Å². The number of benzene rings is 3. The summed E-state index contributed by atoms with van der Waals surface area (Å²) in [4.78, 5) is 44.1. The predicted molar refractivity (Wildman–Crippen MR) is 219 cm³/mol. The van der Waals surface area contributed by atoms with Crippen molar-refractivity contribution in [1.82, 2.24) is 13.9 Å². The number of hydrogen-bond donors (Lipinski definition) is 2. The van der Waals surface area contributed by atoms with Crippen LogP contribution in [0.15, 0.2) is 51.4 Å². The van der Waals surface area contributed by atoms with Crippen LogP contribution in [-0.4, -0.2) is 82.1 Å². The van der Waals surface area contributed by atoms with Crippen molar-refractivity contribution in [3.63, 3.8) is 0 Å². The molecule has 0 radical (unpaired) electrons. The fourth-order valence-corrected chi connectivity index (χ4v) is 11.3. The van der Waals surface area contributed by atoms with Crippen LogP contribution in [0.25, 0.3) is 21.5 Å². The lowest BCUT2D eigenvalue weighted by Gasteiger charge is -2.34. The zero-order chi connectivity index (χ0) is 42.2. The average molecular weight is 832 g/mol. The van der Waals surface area contributed by atoms with E-state index >= 15 is 0 Å². The molecule has 2 fully saturated rings. The van der Waals surface area contributed by atoms with E-state index in [4.69, 9.17) is 14.3 Å². The Morgan fingerprint density at radius 1 is 0.754 bits per heavy atom. The smallest absolute Gasteiger partial charge is 0.408 e. The standard InChI is InChI=1S/C40H57N5O10S2/c1-24-15-25(2)20-44(19-24)56(49,50)28-11-13-30-32(17-28)34(42-48)33-18-29(57(51,52)45-21-26(3)16-27(4)22-45)12-14-31(33)35(30)43-54-23-53-37(46)36(39(5,6)7)41-38(47)55-40(8,9)10/h11-14,17-18,24-27,36,43H,15-16,19-23H2,1-10H3,(H,41,47)/t24-,25+,26-,27+,36?. The summed E-state index contributed by atoms with van der Waals surface area (Å²) in [5.74, 6) is -0.182. The van der Waals surface area contributed by atoms with Gasteiger partial charge in [0, 0.05) is 47.7 Å². The molecule has 17 heteroatoms. The number of nitrogens with one attached hydrogen (secondary N) is 2. The molecule has 3 aromatic carbocycles. The third-order valence-electron chi connectivity index (χ3n) is 10.3. The number of carbonyl (C=O) groups is 2. The van der Waals surface area contributed by atoms with Gasteiger partial charge >= 0.3 is 12.1 Å². The van der Waals surface area contributed by atoms with E-state index in [2.05, 4.69) is 16.0 Å². The van der Waals surface area contributed by atoms with Crippen LogP contribution in [0.1, 0.15) is 82.1 Å². The van der Waals surface area contributed by atoms with Crippen molar-refractivity contribution in [2.75, 3.05) is 38.5 Å². The second-order valence-electron chi connectivity index (χ2n) is 18.0. The summed E-state index contributed by atoms with van der Waals surface area (Å²) in [6.07, 6.45) is 1.00. The van der Waals surface area contributed by atoms with Gasteiger partial charge in [-0.15, -0.1) is 4.91 Å². The summed E-state index contributed by atoms with van der Waals surface area (Å²) in [5.41, 5.74) is 1.34. The molecule has 2 heterocycles. The molecule has 1 unspecified atom stereocenters. The lowest BCUT2D eigenvalue weighted by atomic mass is 9.87. The summed E-state index contributed by atoms with van der Waals surface area (Å²) < 4.78 is 69.8. The van der Waals surface area contributed by atoms with Gasteiger partial charge < -0.3 is 14.8 Å². The van der Waals surface area contributed by atoms with Gasteiger partial charge in [0.1, 0.15) is 17.3 Å². The summed E-state index contributed by atoms with van der Waals surface area (Å²) >= 11 is 0. The lowest BCUT2D eigenvalue weighted by Crippen LogP contribution is -2.51. The van der Waals surface area contributed by atoms with E-state index in [1.54, 1.807) is 41.5 Å². The van der Waals surface area contributed by atoms with Gasteiger partial charge in [-0.3, -0.25) is 5.48 Å². The number of nitroso groups, excluding NO2 is 1. The molecule has 0 saturated carbocycles. The summed E-state index contributed by atoms with van der Waals surface area (Å²) in [6.45, 7) is 19.1. The van der Waals surface area contributed by atoms with Gasteiger partial charge in [-0.2, -0.15) is 8.61 Å².